The number of ether oxygens (including phenoxy) is 2. The minimum atomic E-state index is -0.742. The van der Waals surface area contributed by atoms with Crippen LogP contribution >= 0.6 is 0 Å². The highest BCUT2D eigenvalue weighted by Gasteiger charge is 2.35. The molecule has 0 aliphatic carbocycles. The van der Waals surface area contributed by atoms with Crippen LogP contribution in [0.4, 0.5) is 0 Å². The summed E-state index contributed by atoms with van der Waals surface area (Å²) >= 11 is 0. The molecular weight excluding hydrogens is 334 g/mol. The zero-order valence-corrected chi connectivity index (χ0v) is 15.7. The summed E-state index contributed by atoms with van der Waals surface area (Å²) < 4.78 is 10.7. The Bertz CT molecular complexity index is 635. The van der Waals surface area contributed by atoms with Gasteiger partial charge in [0.15, 0.2) is 0 Å². The van der Waals surface area contributed by atoms with Gasteiger partial charge in [-0.3, -0.25) is 9.59 Å². The van der Waals surface area contributed by atoms with Gasteiger partial charge in [-0.2, -0.15) is 0 Å². The molecule has 142 valence electrons. The van der Waals surface area contributed by atoms with E-state index in [1.807, 2.05) is 30.3 Å². The minimum absolute atomic E-state index is 0.0561. The molecule has 1 atom stereocenters. The predicted molar refractivity (Wildman–Crippen MR) is 96.1 cm³/mol. The van der Waals surface area contributed by atoms with Crippen molar-refractivity contribution in [2.24, 2.45) is 0 Å². The second kappa shape index (κ2) is 8.83. The van der Waals surface area contributed by atoms with Gasteiger partial charge in [0.2, 0.25) is 5.91 Å². The molecule has 1 aromatic carbocycles. The highest BCUT2D eigenvalue weighted by Crippen LogP contribution is 2.21. The lowest BCUT2D eigenvalue weighted by atomic mass is 10.1. The summed E-state index contributed by atoms with van der Waals surface area (Å²) in [6.45, 7) is 6.05. The van der Waals surface area contributed by atoms with Gasteiger partial charge in [0.05, 0.1) is 0 Å². The maximum Gasteiger partial charge on any atom is 0.329 e. The topological polar surface area (TPSA) is 72.9 Å². The van der Waals surface area contributed by atoms with Crippen LogP contribution in [0.15, 0.2) is 30.3 Å². The summed E-state index contributed by atoms with van der Waals surface area (Å²) in [7, 11) is 0. The Hall–Kier alpha value is -2.37. The van der Waals surface area contributed by atoms with Crippen molar-refractivity contribution in [1.82, 2.24) is 4.90 Å². The number of hydrogen-bond donors (Lipinski definition) is 0. The fourth-order valence-electron chi connectivity index (χ4n) is 2.83. The van der Waals surface area contributed by atoms with Crippen molar-refractivity contribution in [2.45, 2.75) is 64.7 Å². The van der Waals surface area contributed by atoms with Gasteiger partial charge in [0.1, 0.15) is 18.2 Å². The Kier molecular flexibility index (Phi) is 6.77. The first kappa shape index (κ1) is 19.9. The molecule has 1 saturated heterocycles. The fraction of sp³-hybridized carbons (Fsp3) is 0.550. The molecule has 6 heteroatoms. The molecule has 0 N–H and O–H groups in total. The summed E-state index contributed by atoms with van der Waals surface area (Å²) in [6, 6.07) is 8.65. The van der Waals surface area contributed by atoms with Crippen molar-refractivity contribution in [1.29, 1.82) is 0 Å². The van der Waals surface area contributed by atoms with E-state index in [0.29, 0.717) is 13.0 Å². The molecule has 1 aliphatic rings. The Morgan fingerprint density at radius 3 is 2.46 bits per heavy atom. The van der Waals surface area contributed by atoms with E-state index in [1.165, 1.54) is 4.90 Å². The number of rotatable bonds is 7. The van der Waals surface area contributed by atoms with Crippen LogP contribution in [-0.2, 0) is 30.5 Å². The van der Waals surface area contributed by atoms with E-state index in [9.17, 15) is 14.4 Å². The Balaban J connectivity index is 1.92. The maximum absolute atomic E-state index is 12.5. The molecule has 0 radical (unpaired) electrons. The molecule has 0 saturated carbocycles. The molecule has 1 aliphatic heterocycles. The van der Waals surface area contributed by atoms with Crippen LogP contribution in [0.1, 0.15) is 52.0 Å². The molecule has 0 spiro atoms. The number of carbonyl (C=O) groups is 3. The van der Waals surface area contributed by atoms with E-state index in [-0.39, 0.29) is 25.4 Å². The Labute approximate surface area is 154 Å². The third-order valence-corrected chi connectivity index (χ3v) is 4.03. The largest absolute Gasteiger partial charge is 0.461 e. The highest BCUT2D eigenvalue weighted by atomic mass is 16.6. The number of nitrogens with zero attached hydrogens (tertiary/aromatic N) is 1. The van der Waals surface area contributed by atoms with E-state index < -0.39 is 23.6 Å². The van der Waals surface area contributed by atoms with Crippen LogP contribution in [0.3, 0.4) is 0 Å². The average molecular weight is 361 g/mol. The summed E-state index contributed by atoms with van der Waals surface area (Å²) in [5.74, 6) is -0.934. The lowest BCUT2D eigenvalue weighted by Gasteiger charge is -2.29. The number of benzene rings is 1. The molecular formula is C20H27NO5. The summed E-state index contributed by atoms with van der Waals surface area (Å²) in [6.07, 6.45) is 1.41. The monoisotopic (exact) mass is 361 g/mol. The van der Waals surface area contributed by atoms with E-state index in [2.05, 4.69) is 0 Å². The number of hydrogen-bond acceptors (Lipinski definition) is 5. The number of amides is 1. The normalized spacial score (nSPS) is 15.7. The second-order valence-electron chi connectivity index (χ2n) is 7.42. The molecule has 0 aromatic heterocycles. The summed E-state index contributed by atoms with van der Waals surface area (Å²) in [5, 5.41) is 0. The van der Waals surface area contributed by atoms with Gasteiger partial charge in [-0.15, -0.1) is 0 Å². The van der Waals surface area contributed by atoms with Gasteiger partial charge < -0.3 is 14.4 Å². The van der Waals surface area contributed by atoms with Crippen molar-refractivity contribution in [3.63, 3.8) is 0 Å². The molecule has 1 aromatic rings. The third-order valence-electron chi connectivity index (χ3n) is 4.03. The summed E-state index contributed by atoms with van der Waals surface area (Å²) in [5.41, 5.74) is 0.255. The van der Waals surface area contributed by atoms with Crippen molar-refractivity contribution in [3.8, 4) is 0 Å². The van der Waals surface area contributed by atoms with E-state index in [0.717, 1.165) is 12.0 Å². The smallest absolute Gasteiger partial charge is 0.329 e. The molecule has 6 nitrogen and oxygen atoms in total. The van der Waals surface area contributed by atoms with Crippen molar-refractivity contribution in [2.75, 3.05) is 6.54 Å². The number of esters is 2. The average Bonchev–Trinajstić information content (AvgIpc) is 2.98. The predicted octanol–water partition coefficient (Wildman–Crippen LogP) is 2.84. The Morgan fingerprint density at radius 2 is 1.88 bits per heavy atom. The lowest BCUT2D eigenvalue weighted by Crippen LogP contribution is -2.45. The number of carbonyl (C=O) groups excluding carboxylic acids is 3. The van der Waals surface area contributed by atoms with Crippen LogP contribution in [-0.4, -0.2) is 40.9 Å². The van der Waals surface area contributed by atoms with Gasteiger partial charge in [0.25, 0.3) is 0 Å². The summed E-state index contributed by atoms with van der Waals surface area (Å²) in [4.78, 5) is 38.1. The molecule has 2 rings (SSSR count). The first-order valence-electron chi connectivity index (χ1n) is 8.98. The lowest BCUT2D eigenvalue weighted by molar-refractivity contribution is -0.164. The fourth-order valence-corrected chi connectivity index (χ4v) is 2.83. The molecule has 0 unspecified atom stereocenters. The van der Waals surface area contributed by atoms with Gasteiger partial charge in [-0.25, -0.2) is 4.79 Å². The van der Waals surface area contributed by atoms with Crippen LogP contribution in [0.5, 0.6) is 0 Å². The molecule has 1 heterocycles. The Morgan fingerprint density at radius 1 is 1.19 bits per heavy atom. The quantitative estimate of drug-likeness (QED) is 0.698. The second-order valence-corrected chi connectivity index (χ2v) is 7.42. The van der Waals surface area contributed by atoms with Gasteiger partial charge in [-0.1, -0.05) is 30.3 Å². The van der Waals surface area contributed by atoms with E-state index >= 15 is 0 Å². The first-order valence-corrected chi connectivity index (χ1v) is 8.98. The highest BCUT2D eigenvalue weighted by molar-refractivity contribution is 5.86. The SMILES string of the molecule is CC(C)(C)OC(=O)[C@@H](CCC(=O)OCc1ccccc1)N1CCCC1=O. The van der Waals surface area contributed by atoms with Gasteiger partial charge in [-0.05, 0) is 39.2 Å². The third kappa shape index (κ3) is 6.17. The molecule has 1 amide bonds. The number of likely N-dealkylation sites (tertiary alicyclic amines) is 1. The van der Waals surface area contributed by atoms with Crippen molar-refractivity contribution < 1.29 is 23.9 Å². The molecule has 1 fully saturated rings. The van der Waals surface area contributed by atoms with Gasteiger partial charge in [0, 0.05) is 19.4 Å². The molecule has 26 heavy (non-hydrogen) atoms. The van der Waals surface area contributed by atoms with Crippen molar-refractivity contribution in [3.05, 3.63) is 35.9 Å². The molecule has 0 bridgehead atoms. The van der Waals surface area contributed by atoms with E-state index in [4.69, 9.17) is 9.47 Å². The van der Waals surface area contributed by atoms with E-state index in [1.54, 1.807) is 20.8 Å². The van der Waals surface area contributed by atoms with Crippen LogP contribution in [0.25, 0.3) is 0 Å². The first-order chi connectivity index (χ1) is 12.3. The zero-order chi connectivity index (χ0) is 19.2. The maximum atomic E-state index is 12.5. The van der Waals surface area contributed by atoms with Crippen LogP contribution < -0.4 is 0 Å². The zero-order valence-electron chi connectivity index (χ0n) is 15.7. The minimum Gasteiger partial charge on any atom is -0.461 e. The standard InChI is InChI=1S/C20H27NO5/c1-20(2,3)26-19(24)16(21-13-7-10-17(21)22)11-12-18(23)25-14-15-8-5-4-6-9-15/h4-6,8-9,16H,7,10-14H2,1-3H3/t16-/m1/s1. The van der Waals surface area contributed by atoms with Gasteiger partial charge >= 0.3 is 11.9 Å². The van der Waals surface area contributed by atoms with Crippen molar-refractivity contribution >= 4 is 17.8 Å². The van der Waals surface area contributed by atoms with Crippen LogP contribution in [0.2, 0.25) is 0 Å². The van der Waals surface area contributed by atoms with Crippen LogP contribution in [0, 0.1) is 0 Å².